The summed E-state index contributed by atoms with van der Waals surface area (Å²) in [5, 5.41) is 16.4. The molecule has 0 spiro atoms. The lowest BCUT2D eigenvalue weighted by atomic mass is 9.82. The average molecular weight is 335 g/mol. The van der Waals surface area contributed by atoms with Gasteiger partial charge in [0.25, 0.3) is 5.91 Å². The molecule has 1 fully saturated rings. The molecule has 0 aliphatic carbocycles. The molecule has 7 heteroatoms. The van der Waals surface area contributed by atoms with Gasteiger partial charge in [0.2, 0.25) is 0 Å². The summed E-state index contributed by atoms with van der Waals surface area (Å²) in [5.41, 5.74) is 0.436. The number of carbonyl (C=O) groups is 1. The maximum absolute atomic E-state index is 13.6. The van der Waals surface area contributed by atoms with Gasteiger partial charge in [0.15, 0.2) is 23.1 Å². The van der Waals surface area contributed by atoms with E-state index in [2.05, 4.69) is 10.2 Å². The van der Waals surface area contributed by atoms with Crippen molar-refractivity contribution >= 4 is 5.91 Å². The van der Waals surface area contributed by atoms with Gasteiger partial charge in [-0.2, -0.15) is 5.10 Å². The van der Waals surface area contributed by atoms with E-state index in [0.29, 0.717) is 24.2 Å². The average Bonchev–Trinajstić information content (AvgIpc) is 3.01. The second-order valence-corrected chi connectivity index (χ2v) is 6.66. The van der Waals surface area contributed by atoms with E-state index >= 15 is 0 Å². The fraction of sp³-hybridized carbons (Fsp3) is 0.412. The SMILES string of the molecule is Cc1n[nH]c(C(=O)N2CCC(c3ccc(F)c(F)c3)C2(C)C)c1O. The first kappa shape index (κ1) is 16.4. The van der Waals surface area contributed by atoms with E-state index in [9.17, 15) is 18.7 Å². The smallest absolute Gasteiger partial charge is 0.276 e. The van der Waals surface area contributed by atoms with Gasteiger partial charge in [0.1, 0.15) is 5.69 Å². The molecule has 1 aliphatic rings. The summed E-state index contributed by atoms with van der Waals surface area (Å²) in [6, 6.07) is 3.85. The number of aromatic nitrogens is 2. The van der Waals surface area contributed by atoms with Crippen LogP contribution in [0, 0.1) is 18.6 Å². The number of nitrogens with zero attached hydrogens (tertiary/aromatic N) is 2. The number of H-pyrrole nitrogens is 1. The Morgan fingerprint density at radius 1 is 1.38 bits per heavy atom. The van der Waals surface area contributed by atoms with Crippen LogP contribution in [0.2, 0.25) is 0 Å². The number of hydrogen-bond acceptors (Lipinski definition) is 3. The number of carbonyl (C=O) groups excluding carboxylic acids is 1. The van der Waals surface area contributed by atoms with E-state index in [-0.39, 0.29) is 23.3 Å². The molecule has 1 aromatic heterocycles. The Kier molecular flexibility index (Phi) is 3.81. The summed E-state index contributed by atoms with van der Waals surface area (Å²) in [4.78, 5) is 14.4. The first-order valence-corrected chi connectivity index (χ1v) is 7.74. The number of aryl methyl sites for hydroxylation is 1. The lowest BCUT2D eigenvalue weighted by Gasteiger charge is -2.36. The third kappa shape index (κ3) is 2.44. The van der Waals surface area contributed by atoms with Crippen LogP contribution in [0.15, 0.2) is 18.2 Å². The zero-order valence-electron chi connectivity index (χ0n) is 13.7. The molecule has 1 saturated heterocycles. The van der Waals surface area contributed by atoms with Gasteiger partial charge in [0.05, 0.1) is 0 Å². The lowest BCUT2D eigenvalue weighted by molar-refractivity contribution is 0.0626. The molecule has 1 aliphatic heterocycles. The van der Waals surface area contributed by atoms with Gasteiger partial charge < -0.3 is 10.0 Å². The minimum atomic E-state index is -0.894. The normalized spacial score (nSPS) is 19.7. The van der Waals surface area contributed by atoms with E-state index in [1.165, 1.54) is 6.07 Å². The predicted molar refractivity (Wildman–Crippen MR) is 83.8 cm³/mol. The quantitative estimate of drug-likeness (QED) is 0.886. The minimum Gasteiger partial charge on any atom is -0.504 e. The first-order chi connectivity index (χ1) is 11.2. The maximum Gasteiger partial charge on any atom is 0.276 e. The Bertz CT molecular complexity index is 801. The van der Waals surface area contributed by atoms with Gasteiger partial charge >= 0.3 is 0 Å². The summed E-state index contributed by atoms with van der Waals surface area (Å²) in [6.07, 6.45) is 0.623. The second-order valence-electron chi connectivity index (χ2n) is 6.66. The number of hydrogen-bond donors (Lipinski definition) is 2. The summed E-state index contributed by atoms with van der Waals surface area (Å²) < 4.78 is 26.7. The van der Waals surface area contributed by atoms with Crippen molar-refractivity contribution < 1.29 is 18.7 Å². The zero-order valence-corrected chi connectivity index (χ0v) is 13.7. The van der Waals surface area contributed by atoms with Crippen molar-refractivity contribution in [2.24, 2.45) is 0 Å². The number of rotatable bonds is 2. The van der Waals surface area contributed by atoms with Crippen LogP contribution in [0.5, 0.6) is 5.75 Å². The van der Waals surface area contributed by atoms with E-state index in [0.717, 1.165) is 6.07 Å². The van der Waals surface area contributed by atoms with Gasteiger partial charge in [-0.1, -0.05) is 6.07 Å². The molecule has 1 atom stereocenters. The third-order valence-electron chi connectivity index (χ3n) is 4.91. The largest absolute Gasteiger partial charge is 0.504 e. The standard InChI is InChI=1S/C17H19F2N3O2/c1-9-15(23)14(21-20-9)16(24)22-7-6-11(17(22,2)3)10-4-5-12(18)13(19)8-10/h4-5,8,11,23H,6-7H2,1-3H3,(H,20,21). The van der Waals surface area contributed by atoms with Crippen LogP contribution in [0.3, 0.4) is 0 Å². The van der Waals surface area contributed by atoms with Gasteiger partial charge in [-0.25, -0.2) is 8.78 Å². The number of likely N-dealkylation sites (tertiary alicyclic amines) is 1. The second kappa shape index (κ2) is 5.58. The van der Waals surface area contributed by atoms with E-state index in [4.69, 9.17) is 0 Å². The molecule has 128 valence electrons. The van der Waals surface area contributed by atoms with Crippen molar-refractivity contribution in [3.05, 3.63) is 46.8 Å². The van der Waals surface area contributed by atoms with E-state index in [1.54, 1.807) is 17.9 Å². The Balaban J connectivity index is 1.91. The van der Waals surface area contributed by atoms with Crippen LogP contribution in [0.1, 0.15) is 47.9 Å². The molecule has 2 N–H and O–H groups in total. The topological polar surface area (TPSA) is 69.2 Å². The maximum atomic E-state index is 13.6. The molecular formula is C17H19F2N3O2. The van der Waals surface area contributed by atoms with Crippen molar-refractivity contribution in [1.82, 2.24) is 15.1 Å². The molecule has 1 unspecified atom stereocenters. The third-order valence-corrected chi connectivity index (χ3v) is 4.91. The van der Waals surface area contributed by atoms with Crippen LogP contribution >= 0.6 is 0 Å². The number of aromatic hydroxyl groups is 1. The first-order valence-electron chi connectivity index (χ1n) is 7.74. The molecule has 24 heavy (non-hydrogen) atoms. The number of amides is 1. The van der Waals surface area contributed by atoms with Crippen LogP contribution in [0.25, 0.3) is 0 Å². The molecule has 1 aromatic carbocycles. The van der Waals surface area contributed by atoms with Gasteiger partial charge in [0, 0.05) is 18.0 Å². The predicted octanol–water partition coefficient (Wildman–Crippen LogP) is 3.11. The van der Waals surface area contributed by atoms with Gasteiger partial charge in [-0.15, -0.1) is 0 Å². The van der Waals surface area contributed by atoms with Crippen molar-refractivity contribution in [2.75, 3.05) is 6.54 Å². The van der Waals surface area contributed by atoms with Gasteiger partial charge in [-0.3, -0.25) is 9.89 Å². The molecule has 0 saturated carbocycles. The highest BCUT2D eigenvalue weighted by molar-refractivity contribution is 5.96. The van der Waals surface area contributed by atoms with Crippen molar-refractivity contribution in [3.8, 4) is 5.75 Å². The van der Waals surface area contributed by atoms with Crippen molar-refractivity contribution in [2.45, 2.75) is 38.6 Å². The Morgan fingerprint density at radius 2 is 2.08 bits per heavy atom. The molecule has 3 rings (SSSR count). The number of aromatic amines is 1. The monoisotopic (exact) mass is 335 g/mol. The van der Waals surface area contributed by atoms with Crippen LogP contribution in [-0.4, -0.2) is 38.2 Å². The Morgan fingerprint density at radius 3 is 2.67 bits per heavy atom. The molecule has 2 aromatic rings. The minimum absolute atomic E-state index is 0.0477. The Hall–Kier alpha value is -2.44. The highest BCUT2D eigenvalue weighted by Gasteiger charge is 2.45. The summed E-state index contributed by atoms with van der Waals surface area (Å²) in [7, 11) is 0. The number of benzene rings is 1. The Labute approximate surface area is 138 Å². The van der Waals surface area contributed by atoms with E-state index in [1.807, 2.05) is 13.8 Å². The number of nitrogens with one attached hydrogen (secondary N) is 1. The zero-order chi connectivity index (χ0) is 17.6. The molecular weight excluding hydrogens is 316 g/mol. The van der Waals surface area contributed by atoms with Crippen LogP contribution in [-0.2, 0) is 0 Å². The van der Waals surface area contributed by atoms with Crippen LogP contribution in [0.4, 0.5) is 8.78 Å². The summed E-state index contributed by atoms with van der Waals surface area (Å²) in [6.45, 7) is 5.81. The highest BCUT2D eigenvalue weighted by Crippen LogP contribution is 2.43. The summed E-state index contributed by atoms with van der Waals surface area (Å²) in [5.74, 6) is -2.44. The van der Waals surface area contributed by atoms with E-state index < -0.39 is 17.2 Å². The fourth-order valence-corrected chi connectivity index (χ4v) is 3.47. The highest BCUT2D eigenvalue weighted by atomic mass is 19.2. The molecule has 5 nitrogen and oxygen atoms in total. The molecule has 0 bridgehead atoms. The van der Waals surface area contributed by atoms with Crippen molar-refractivity contribution in [3.63, 3.8) is 0 Å². The van der Waals surface area contributed by atoms with Gasteiger partial charge in [-0.05, 0) is 44.9 Å². The fourth-order valence-electron chi connectivity index (χ4n) is 3.47. The molecule has 1 amide bonds. The van der Waals surface area contributed by atoms with Crippen LogP contribution < -0.4 is 0 Å². The van der Waals surface area contributed by atoms with Crippen molar-refractivity contribution in [1.29, 1.82) is 0 Å². The molecule has 2 heterocycles. The lowest BCUT2D eigenvalue weighted by Crippen LogP contribution is -2.45. The summed E-state index contributed by atoms with van der Waals surface area (Å²) >= 11 is 0. The number of halogens is 2. The molecule has 0 radical (unpaired) electrons.